The van der Waals surface area contributed by atoms with Crippen molar-refractivity contribution in [3.8, 4) is 5.75 Å². The van der Waals surface area contributed by atoms with Gasteiger partial charge in [0.05, 0.1) is 18.0 Å². The summed E-state index contributed by atoms with van der Waals surface area (Å²) in [5, 5.41) is 2.95. The highest BCUT2D eigenvalue weighted by atomic mass is 32.2. The Morgan fingerprint density at radius 3 is 2.37 bits per heavy atom. The molecule has 1 saturated heterocycles. The summed E-state index contributed by atoms with van der Waals surface area (Å²) >= 11 is 0. The molecule has 1 N–H and O–H groups in total. The predicted molar refractivity (Wildman–Crippen MR) is 105 cm³/mol. The van der Waals surface area contributed by atoms with Crippen molar-refractivity contribution in [3.05, 3.63) is 24.3 Å². The first kappa shape index (κ1) is 21.7. The molecule has 0 spiro atoms. The van der Waals surface area contributed by atoms with Crippen LogP contribution in [0.15, 0.2) is 29.2 Å². The van der Waals surface area contributed by atoms with Crippen LogP contribution in [-0.2, 0) is 14.8 Å². The van der Waals surface area contributed by atoms with Crippen LogP contribution in [0.5, 0.6) is 5.75 Å². The summed E-state index contributed by atoms with van der Waals surface area (Å²) in [5.41, 5.74) is -0.272. The highest BCUT2D eigenvalue weighted by Crippen LogP contribution is 2.21. The number of ether oxygens (including phenoxy) is 1. The van der Waals surface area contributed by atoms with Gasteiger partial charge in [0.15, 0.2) is 0 Å². The molecule has 8 heteroatoms. The highest BCUT2D eigenvalue weighted by Gasteiger charge is 2.27. The van der Waals surface area contributed by atoms with Gasteiger partial charge in [-0.15, -0.1) is 0 Å². The maximum atomic E-state index is 12.9. The summed E-state index contributed by atoms with van der Waals surface area (Å²) in [6.45, 7) is 10.6. The van der Waals surface area contributed by atoms with Crippen LogP contribution in [0.4, 0.5) is 0 Å². The minimum Gasteiger partial charge on any atom is -0.494 e. The van der Waals surface area contributed by atoms with Gasteiger partial charge in [-0.25, -0.2) is 8.42 Å². The van der Waals surface area contributed by atoms with E-state index in [1.807, 2.05) is 32.6 Å². The lowest BCUT2D eigenvalue weighted by molar-refractivity contribution is -0.123. The summed E-state index contributed by atoms with van der Waals surface area (Å²) in [5.74, 6) is 0.619. The van der Waals surface area contributed by atoms with Crippen molar-refractivity contribution in [2.45, 2.75) is 44.6 Å². The van der Waals surface area contributed by atoms with Crippen LogP contribution >= 0.6 is 0 Å². The van der Waals surface area contributed by atoms with Crippen LogP contribution in [0.25, 0.3) is 0 Å². The number of amides is 1. The summed E-state index contributed by atoms with van der Waals surface area (Å²) in [4.78, 5) is 14.4. The molecular weight excluding hydrogens is 366 g/mol. The van der Waals surface area contributed by atoms with Gasteiger partial charge in [-0.1, -0.05) is 0 Å². The van der Waals surface area contributed by atoms with Gasteiger partial charge in [-0.2, -0.15) is 4.31 Å². The maximum Gasteiger partial charge on any atom is 0.243 e. The monoisotopic (exact) mass is 397 g/mol. The number of sulfonamides is 1. The molecule has 1 heterocycles. The lowest BCUT2D eigenvalue weighted by atomic mass is 10.1. The average molecular weight is 398 g/mol. The number of nitrogens with zero attached hydrogens (tertiary/aromatic N) is 2. The van der Waals surface area contributed by atoms with Gasteiger partial charge in [-0.3, -0.25) is 9.69 Å². The molecule has 0 bridgehead atoms. The molecule has 0 unspecified atom stereocenters. The van der Waals surface area contributed by atoms with Crippen molar-refractivity contribution in [2.24, 2.45) is 0 Å². The zero-order chi connectivity index (χ0) is 20.1. The van der Waals surface area contributed by atoms with E-state index in [-0.39, 0.29) is 22.9 Å². The molecule has 0 aromatic heterocycles. The van der Waals surface area contributed by atoms with Gasteiger partial charge in [0, 0.05) is 25.2 Å². The van der Waals surface area contributed by atoms with Crippen LogP contribution in [0, 0.1) is 0 Å². The number of benzene rings is 1. The highest BCUT2D eigenvalue weighted by molar-refractivity contribution is 7.89. The zero-order valence-electron chi connectivity index (χ0n) is 16.7. The summed E-state index contributed by atoms with van der Waals surface area (Å²) in [7, 11) is -3.55. The first-order valence-corrected chi connectivity index (χ1v) is 10.8. The number of nitrogens with one attached hydrogen (secondary N) is 1. The van der Waals surface area contributed by atoms with Gasteiger partial charge >= 0.3 is 0 Å². The van der Waals surface area contributed by atoms with Crippen LogP contribution in [-0.4, -0.2) is 68.4 Å². The number of hydrogen-bond donors (Lipinski definition) is 1. The van der Waals surface area contributed by atoms with Gasteiger partial charge in [0.25, 0.3) is 0 Å². The number of carbonyl (C=O) groups is 1. The Hall–Kier alpha value is -1.64. The summed E-state index contributed by atoms with van der Waals surface area (Å²) in [6.07, 6.45) is 0.694. The minimum absolute atomic E-state index is 0.0367. The number of carbonyl (C=O) groups excluding carboxylic acids is 1. The fraction of sp³-hybridized carbons (Fsp3) is 0.632. The molecule has 2 rings (SSSR count). The molecule has 0 atom stereocenters. The molecule has 27 heavy (non-hydrogen) atoms. The Labute approximate surface area is 162 Å². The quantitative estimate of drug-likeness (QED) is 0.790. The molecule has 1 aromatic carbocycles. The molecule has 7 nitrogen and oxygen atoms in total. The van der Waals surface area contributed by atoms with E-state index in [1.54, 1.807) is 24.3 Å². The van der Waals surface area contributed by atoms with Crippen molar-refractivity contribution in [1.82, 2.24) is 14.5 Å². The number of hydrogen-bond acceptors (Lipinski definition) is 5. The lowest BCUT2D eigenvalue weighted by Gasteiger charge is -2.25. The van der Waals surface area contributed by atoms with E-state index in [0.717, 1.165) is 0 Å². The first-order valence-electron chi connectivity index (χ1n) is 9.38. The van der Waals surface area contributed by atoms with Crippen molar-refractivity contribution < 1.29 is 17.9 Å². The molecule has 1 aliphatic heterocycles. The summed E-state index contributed by atoms with van der Waals surface area (Å²) < 4.78 is 32.7. The van der Waals surface area contributed by atoms with Gasteiger partial charge in [0.1, 0.15) is 5.75 Å². The number of rotatable bonds is 6. The Morgan fingerprint density at radius 2 is 1.78 bits per heavy atom. The molecule has 1 aliphatic rings. The molecule has 0 radical (unpaired) electrons. The molecule has 1 amide bonds. The third-order valence-electron chi connectivity index (χ3n) is 4.20. The van der Waals surface area contributed by atoms with Gasteiger partial charge in [0.2, 0.25) is 15.9 Å². The molecule has 1 fully saturated rings. The largest absolute Gasteiger partial charge is 0.494 e. The first-order chi connectivity index (χ1) is 12.6. The molecule has 0 saturated carbocycles. The molecule has 0 aliphatic carbocycles. The van der Waals surface area contributed by atoms with Crippen LogP contribution in [0.1, 0.15) is 34.1 Å². The second-order valence-electron chi connectivity index (χ2n) is 7.74. The van der Waals surface area contributed by atoms with Gasteiger partial charge in [-0.05, 0) is 64.9 Å². The van der Waals surface area contributed by atoms with E-state index in [4.69, 9.17) is 4.74 Å². The lowest BCUT2D eigenvalue weighted by Crippen LogP contribution is -2.46. The second kappa shape index (κ2) is 9.03. The standard InChI is InChI=1S/C19H31N3O4S/c1-5-26-16-7-9-17(10-8-16)27(24,25)22-12-6-11-21(13-14-22)15-18(23)20-19(2,3)4/h7-10H,5-6,11-15H2,1-4H3,(H,20,23). The average Bonchev–Trinajstić information content (AvgIpc) is 2.80. The van der Waals surface area contributed by atoms with E-state index in [1.165, 1.54) is 4.31 Å². The Bertz CT molecular complexity index is 726. The minimum atomic E-state index is -3.55. The molecular formula is C19H31N3O4S. The fourth-order valence-corrected chi connectivity index (χ4v) is 4.50. The van der Waals surface area contributed by atoms with Crippen LogP contribution < -0.4 is 10.1 Å². The summed E-state index contributed by atoms with van der Waals surface area (Å²) in [6, 6.07) is 6.52. The normalized spacial score (nSPS) is 17.3. The zero-order valence-corrected chi connectivity index (χ0v) is 17.5. The third-order valence-corrected chi connectivity index (χ3v) is 6.11. The van der Waals surface area contributed by atoms with Crippen molar-refractivity contribution in [3.63, 3.8) is 0 Å². The van der Waals surface area contributed by atoms with Crippen LogP contribution in [0.2, 0.25) is 0 Å². The van der Waals surface area contributed by atoms with E-state index < -0.39 is 10.0 Å². The van der Waals surface area contributed by atoms with E-state index in [0.29, 0.717) is 45.0 Å². The van der Waals surface area contributed by atoms with Crippen molar-refractivity contribution >= 4 is 15.9 Å². The van der Waals surface area contributed by atoms with Crippen molar-refractivity contribution in [2.75, 3.05) is 39.3 Å². The third kappa shape index (κ3) is 6.48. The second-order valence-corrected chi connectivity index (χ2v) is 9.67. The Kier molecular flexibility index (Phi) is 7.25. The smallest absolute Gasteiger partial charge is 0.243 e. The molecule has 152 valence electrons. The maximum absolute atomic E-state index is 12.9. The topological polar surface area (TPSA) is 79.0 Å². The fourth-order valence-electron chi connectivity index (χ4n) is 3.03. The Morgan fingerprint density at radius 1 is 1.11 bits per heavy atom. The van der Waals surface area contributed by atoms with Crippen molar-refractivity contribution in [1.29, 1.82) is 0 Å². The van der Waals surface area contributed by atoms with E-state index in [2.05, 4.69) is 5.32 Å². The van der Waals surface area contributed by atoms with Crippen LogP contribution in [0.3, 0.4) is 0 Å². The molecule has 1 aromatic rings. The Balaban J connectivity index is 1.98. The van der Waals surface area contributed by atoms with E-state index in [9.17, 15) is 13.2 Å². The SMILES string of the molecule is CCOc1ccc(S(=O)(=O)N2CCCN(CC(=O)NC(C)(C)C)CC2)cc1. The van der Waals surface area contributed by atoms with Gasteiger partial charge < -0.3 is 10.1 Å². The van der Waals surface area contributed by atoms with E-state index >= 15 is 0 Å². The predicted octanol–water partition coefficient (Wildman–Crippen LogP) is 1.70.